The van der Waals surface area contributed by atoms with Gasteiger partial charge in [0.1, 0.15) is 5.75 Å². The molecule has 1 atom stereocenters. The number of aliphatic hydroxyl groups is 1. The van der Waals surface area contributed by atoms with Crippen LogP contribution in [0, 0.1) is 11.8 Å². The van der Waals surface area contributed by atoms with E-state index in [1.54, 1.807) is 48.5 Å². The van der Waals surface area contributed by atoms with Gasteiger partial charge in [-0.2, -0.15) is 0 Å². The van der Waals surface area contributed by atoms with E-state index in [9.17, 15) is 14.7 Å². The lowest BCUT2D eigenvalue weighted by Gasteiger charge is -2.33. The fourth-order valence-electron chi connectivity index (χ4n) is 4.72. The fourth-order valence-corrected chi connectivity index (χ4v) is 4.72. The van der Waals surface area contributed by atoms with Gasteiger partial charge in [0.15, 0.2) is 0 Å². The molecule has 0 spiro atoms. The van der Waals surface area contributed by atoms with Crippen molar-refractivity contribution in [3.63, 3.8) is 0 Å². The van der Waals surface area contributed by atoms with Crippen LogP contribution in [-0.2, 0) is 16.1 Å². The summed E-state index contributed by atoms with van der Waals surface area (Å²) in [6.45, 7) is 6.87. The summed E-state index contributed by atoms with van der Waals surface area (Å²) in [6.07, 6.45) is 4.25. The first kappa shape index (κ1) is 33.7. The van der Waals surface area contributed by atoms with Crippen LogP contribution >= 0.6 is 0 Å². The number of carbonyl (C=O) groups excluding carboxylic acids is 2. The molecule has 0 bridgehead atoms. The van der Waals surface area contributed by atoms with Gasteiger partial charge in [0.05, 0.1) is 19.3 Å². The summed E-state index contributed by atoms with van der Waals surface area (Å²) >= 11 is 0. The zero-order valence-corrected chi connectivity index (χ0v) is 26.1. The van der Waals surface area contributed by atoms with Crippen molar-refractivity contribution in [1.82, 2.24) is 10.6 Å². The molecule has 1 aliphatic heterocycles. The van der Waals surface area contributed by atoms with Crippen LogP contribution in [0.4, 0.5) is 10.5 Å². The smallest absolute Gasteiger partial charge is 0.326 e. The standard InChI is InChI=1S/C36H43N3O6/c1-36(2)44-26-30-24-29(18-19-33(30)45-36)32(40)25-37-20-9-3-4-10-21-43-22-11-8-13-27-14-12-17-31(23-27)38-35(42)39-34(41)28-15-6-5-7-16-28/h5-7,12,14-19,23-24,32,37,40H,3-4,9-11,20-22,25-26H2,1-2H3,(H2,38,39,41,42)/t32-/m0/s1. The lowest BCUT2D eigenvalue weighted by molar-refractivity contribution is -0.180. The molecule has 238 valence electrons. The molecular weight excluding hydrogens is 570 g/mol. The molecule has 4 rings (SSSR count). The van der Waals surface area contributed by atoms with E-state index in [0.717, 1.165) is 54.7 Å². The first-order chi connectivity index (χ1) is 21.8. The van der Waals surface area contributed by atoms with Crippen molar-refractivity contribution in [2.45, 2.75) is 64.4 Å². The monoisotopic (exact) mass is 613 g/mol. The number of urea groups is 1. The number of fused-ring (bicyclic) bond motifs is 1. The van der Waals surface area contributed by atoms with Crippen molar-refractivity contribution in [2.24, 2.45) is 0 Å². The fraction of sp³-hybridized carbons (Fsp3) is 0.389. The van der Waals surface area contributed by atoms with E-state index in [1.807, 2.05) is 38.1 Å². The minimum atomic E-state index is -0.624. The van der Waals surface area contributed by atoms with Gasteiger partial charge in [0, 0.05) is 55.8 Å². The summed E-state index contributed by atoms with van der Waals surface area (Å²) in [5, 5.41) is 18.9. The zero-order chi connectivity index (χ0) is 31.9. The predicted octanol–water partition coefficient (Wildman–Crippen LogP) is 5.94. The first-order valence-electron chi connectivity index (χ1n) is 15.5. The SMILES string of the molecule is CC1(C)OCc2cc([C@@H](O)CNCCCCCCOCCC#Cc3cccc(NC(=O)NC(=O)c4ccccc4)c3)ccc2O1. The van der Waals surface area contributed by atoms with Gasteiger partial charge in [0.25, 0.3) is 5.91 Å². The molecule has 45 heavy (non-hydrogen) atoms. The summed E-state index contributed by atoms with van der Waals surface area (Å²) in [7, 11) is 0. The summed E-state index contributed by atoms with van der Waals surface area (Å²) in [6, 6.07) is 20.9. The van der Waals surface area contributed by atoms with E-state index in [1.165, 1.54) is 0 Å². The molecule has 0 radical (unpaired) electrons. The van der Waals surface area contributed by atoms with Gasteiger partial charge in [-0.15, -0.1) is 0 Å². The molecule has 0 saturated carbocycles. The molecule has 9 heteroatoms. The molecule has 3 aromatic rings. The number of nitrogens with one attached hydrogen (secondary N) is 3. The van der Waals surface area contributed by atoms with Crippen LogP contribution in [0.5, 0.6) is 5.75 Å². The van der Waals surface area contributed by atoms with Crippen LogP contribution in [0.2, 0.25) is 0 Å². The number of hydrogen-bond acceptors (Lipinski definition) is 7. The third kappa shape index (κ3) is 11.7. The number of ether oxygens (including phenoxy) is 3. The third-order valence-corrected chi connectivity index (χ3v) is 7.12. The van der Waals surface area contributed by atoms with Crippen LogP contribution in [-0.4, -0.2) is 49.1 Å². The second-order valence-corrected chi connectivity index (χ2v) is 11.3. The van der Waals surface area contributed by atoms with E-state index in [2.05, 4.69) is 27.8 Å². The number of rotatable bonds is 14. The Kier molecular flexibility index (Phi) is 13.0. The van der Waals surface area contributed by atoms with Crippen molar-refractivity contribution in [3.8, 4) is 17.6 Å². The lowest BCUT2D eigenvalue weighted by atomic mass is 10.0. The zero-order valence-electron chi connectivity index (χ0n) is 26.1. The minimum absolute atomic E-state index is 0.411. The Bertz CT molecular complexity index is 1460. The Labute approximate surface area is 265 Å². The van der Waals surface area contributed by atoms with Gasteiger partial charge in [-0.3, -0.25) is 10.1 Å². The maximum absolute atomic E-state index is 12.2. The van der Waals surface area contributed by atoms with Gasteiger partial charge < -0.3 is 30.0 Å². The molecule has 4 N–H and O–H groups in total. The number of carbonyl (C=O) groups is 2. The largest absolute Gasteiger partial charge is 0.463 e. The Morgan fingerprint density at radius 1 is 0.978 bits per heavy atom. The molecule has 9 nitrogen and oxygen atoms in total. The third-order valence-electron chi connectivity index (χ3n) is 7.12. The second kappa shape index (κ2) is 17.3. The van der Waals surface area contributed by atoms with Gasteiger partial charge in [0.2, 0.25) is 5.79 Å². The van der Waals surface area contributed by atoms with E-state index in [4.69, 9.17) is 14.2 Å². The highest BCUT2D eigenvalue weighted by Crippen LogP contribution is 2.32. The number of amides is 3. The van der Waals surface area contributed by atoms with Crippen molar-refractivity contribution in [1.29, 1.82) is 0 Å². The van der Waals surface area contributed by atoms with E-state index < -0.39 is 23.8 Å². The van der Waals surface area contributed by atoms with Crippen LogP contribution in [0.25, 0.3) is 0 Å². The number of hydrogen-bond donors (Lipinski definition) is 4. The van der Waals surface area contributed by atoms with Gasteiger partial charge >= 0.3 is 6.03 Å². The first-order valence-corrected chi connectivity index (χ1v) is 15.5. The average molecular weight is 614 g/mol. The Morgan fingerprint density at radius 3 is 2.64 bits per heavy atom. The molecule has 0 aliphatic carbocycles. The lowest BCUT2D eigenvalue weighted by Crippen LogP contribution is -2.35. The Morgan fingerprint density at radius 2 is 1.80 bits per heavy atom. The van der Waals surface area contributed by atoms with Crippen molar-refractivity contribution in [3.05, 3.63) is 95.1 Å². The Balaban J connectivity index is 1.01. The van der Waals surface area contributed by atoms with E-state index in [0.29, 0.717) is 44.0 Å². The van der Waals surface area contributed by atoms with Crippen molar-refractivity contribution in [2.75, 3.05) is 31.6 Å². The summed E-state index contributed by atoms with van der Waals surface area (Å²) in [5.41, 5.74) is 3.54. The molecule has 0 saturated heterocycles. The van der Waals surface area contributed by atoms with E-state index >= 15 is 0 Å². The highest BCUT2D eigenvalue weighted by Gasteiger charge is 2.27. The Hall–Kier alpha value is -4.20. The molecular formula is C36H43N3O6. The van der Waals surface area contributed by atoms with Crippen molar-refractivity contribution >= 4 is 17.6 Å². The normalized spacial score (nSPS) is 13.8. The van der Waals surface area contributed by atoms with Crippen LogP contribution in [0.15, 0.2) is 72.8 Å². The van der Waals surface area contributed by atoms with Crippen LogP contribution in [0.3, 0.4) is 0 Å². The highest BCUT2D eigenvalue weighted by atomic mass is 16.7. The molecule has 0 fully saturated rings. The highest BCUT2D eigenvalue weighted by molar-refractivity contribution is 6.07. The number of imide groups is 1. The van der Waals surface area contributed by atoms with Gasteiger partial charge in [-0.1, -0.05) is 55.0 Å². The van der Waals surface area contributed by atoms with Crippen LogP contribution < -0.4 is 20.7 Å². The topological polar surface area (TPSA) is 118 Å². The van der Waals surface area contributed by atoms with E-state index in [-0.39, 0.29) is 0 Å². The molecule has 1 aliphatic rings. The number of unbranched alkanes of at least 4 members (excludes halogenated alkanes) is 3. The van der Waals surface area contributed by atoms with Gasteiger partial charge in [-0.25, -0.2) is 4.79 Å². The molecule has 3 amide bonds. The number of anilines is 1. The predicted molar refractivity (Wildman–Crippen MR) is 174 cm³/mol. The quantitative estimate of drug-likeness (QED) is 0.131. The maximum atomic E-state index is 12.2. The summed E-state index contributed by atoms with van der Waals surface area (Å²) < 4.78 is 17.2. The average Bonchev–Trinajstić information content (AvgIpc) is 3.03. The number of aliphatic hydroxyl groups excluding tert-OH is 1. The molecule has 3 aromatic carbocycles. The maximum Gasteiger partial charge on any atom is 0.326 e. The summed E-state index contributed by atoms with van der Waals surface area (Å²) in [5.74, 6) is 5.91. The molecule has 1 heterocycles. The van der Waals surface area contributed by atoms with Crippen LogP contribution in [0.1, 0.15) is 79.1 Å². The van der Waals surface area contributed by atoms with Gasteiger partial charge in [-0.05, 0) is 67.4 Å². The molecule has 0 aromatic heterocycles. The number of benzene rings is 3. The summed E-state index contributed by atoms with van der Waals surface area (Å²) in [4.78, 5) is 24.3. The minimum Gasteiger partial charge on any atom is -0.463 e. The second-order valence-electron chi connectivity index (χ2n) is 11.3. The van der Waals surface area contributed by atoms with Crippen molar-refractivity contribution < 1.29 is 28.9 Å². The molecule has 0 unspecified atom stereocenters.